The maximum atomic E-state index is 5.61. The predicted molar refractivity (Wildman–Crippen MR) is 64.8 cm³/mol. The monoisotopic (exact) mass is 267 g/mol. The van der Waals surface area contributed by atoms with Crippen molar-refractivity contribution in [3.05, 3.63) is 34.6 Å². The molecule has 0 aliphatic rings. The van der Waals surface area contributed by atoms with E-state index in [1.165, 1.54) is 0 Å². The SMILES string of the molecule is CC(CN)Cc1nn2ccccc2c1Br. The first kappa shape index (κ1) is 10.6. The highest BCUT2D eigenvalue weighted by Crippen LogP contribution is 2.24. The molecule has 2 aromatic rings. The Morgan fingerprint density at radius 2 is 2.33 bits per heavy atom. The van der Waals surface area contributed by atoms with Crippen LogP contribution < -0.4 is 5.73 Å². The molecule has 2 rings (SSSR count). The van der Waals surface area contributed by atoms with Crippen molar-refractivity contribution in [2.24, 2.45) is 11.7 Å². The number of aromatic nitrogens is 2. The summed E-state index contributed by atoms with van der Waals surface area (Å²) in [5.41, 5.74) is 7.80. The van der Waals surface area contributed by atoms with E-state index >= 15 is 0 Å². The molecule has 0 spiro atoms. The molecule has 1 atom stereocenters. The number of pyridine rings is 1. The number of halogens is 1. The van der Waals surface area contributed by atoms with E-state index in [-0.39, 0.29) is 0 Å². The molecule has 0 aromatic carbocycles. The van der Waals surface area contributed by atoms with Gasteiger partial charge in [0.1, 0.15) is 0 Å². The van der Waals surface area contributed by atoms with Crippen molar-refractivity contribution in [2.75, 3.05) is 6.54 Å². The number of rotatable bonds is 3. The largest absolute Gasteiger partial charge is 0.330 e. The van der Waals surface area contributed by atoms with E-state index in [4.69, 9.17) is 5.73 Å². The van der Waals surface area contributed by atoms with Gasteiger partial charge >= 0.3 is 0 Å². The topological polar surface area (TPSA) is 43.3 Å². The minimum atomic E-state index is 0.464. The Morgan fingerprint density at radius 3 is 3.00 bits per heavy atom. The van der Waals surface area contributed by atoms with Gasteiger partial charge in [0, 0.05) is 6.20 Å². The molecule has 0 fully saturated rings. The molecule has 0 radical (unpaired) electrons. The summed E-state index contributed by atoms with van der Waals surface area (Å²) in [6.45, 7) is 2.83. The van der Waals surface area contributed by atoms with Gasteiger partial charge in [0.15, 0.2) is 0 Å². The Bertz CT molecular complexity index is 464. The Morgan fingerprint density at radius 1 is 1.53 bits per heavy atom. The lowest BCUT2D eigenvalue weighted by Gasteiger charge is -2.04. The second kappa shape index (κ2) is 4.33. The first-order chi connectivity index (χ1) is 7.22. The molecule has 0 amide bonds. The van der Waals surface area contributed by atoms with Crippen molar-refractivity contribution < 1.29 is 0 Å². The molecular weight excluding hydrogens is 254 g/mol. The lowest BCUT2D eigenvalue weighted by Crippen LogP contribution is -2.13. The van der Waals surface area contributed by atoms with E-state index in [1.807, 2.05) is 28.9 Å². The normalized spacial score (nSPS) is 13.3. The van der Waals surface area contributed by atoms with Gasteiger partial charge in [0.2, 0.25) is 0 Å². The summed E-state index contributed by atoms with van der Waals surface area (Å²) in [4.78, 5) is 0. The summed E-state index contributed by atoms with van der Waals surface area (Å²) < 4.78 is 2.98. The van der Waals surface area contributed by atoms with E-state index in [2.05, 4.69) is 28.0 Å². The Hall–Kier alpha value is -0.870. The molecule has 0 aliphatic heterocycles. The third kappa shape index (κ3) is 2.06. The number of nitrogens with zero attached hydrogens (tertiary/aromatic N) is 2. The van der Waals surface area contributed by atoms with Crippen molar-refractivity contribution in [3.63, 3.8) is 0 Å². The van der Waals surface area contributed by atoms with Crippen LogP contribution >= 0.6 is 15.9 Å². The molecule has 0 aliphatic carbocycles. The van der Waals surface area contributed by atoms with E-state index in [9.17, 15) is 0 Å². The molecule has 2 N–H and O–H groups in total. The fourth-order valence-corrected chi connectivity index (χ4v) is 2.12. The fourth-order valence-electron chi connectivity index (χ4n) is 1.56. The van der Waals surface area contributed by atoms with Crippen LogP contribution in [-0.2, 0) is 6.42 Å². The van der Waals surface area contributed by atoms with E-state index < -0.39 is 0 Å². The van der Waals surface area contributed by atoms with Crippen LogP contribution in [0.2, 0.25) is 0 Å². The highest BCUT2D eigenvalue weighted by molar-refractivity contribution is 9.10. The third-order valence-corrected chi connectivity index (χ3v) is 3.35. The average molecular weight is 268 g/mol. The molecule has 4 heteroatoms. The summed E-state index contributed by atoms with van der Waals surface area (Å²) in [6.07, 6.45) is 2.87. The van der Waals surface area contributed by atoms with E-state index in [1.54, 1.807) is 0 Å². The molecule has 1 unspecified atom stereocenters. The van der Waals surface area contributed by atoms with Crippen molar-refractivity contribution >= 4 is 21.4 Å². The van der Waals surface area contributed by atoms with Crippen LogP contribution in [0.1, 0.15) is 12.6 Å². The minimum Gasteiger partial charge on any atom is -0.330 e. The third-order valence-electron chi connectivity index (χ3n) is 2.49. The van der Waals surface area contributed by atoms with Gasteiger partial charge in [-0.15, -0.1) is 0 Å². The van der Waals surface area contributed by atoms with E-state index in [0.717, 1.165) is 22.1 Å². The first-order valence-corrected chi connectivity index (χ1v) is 5.83. The first-order valence-electron chi connectivity index (χ1n) is 5.04. The lowest BCUT2D eigenvalue weighted by molar-refractivity contribution is 0.580. The van der Waals surface area contributed by atoms with Crippen LogP contribution in [0, 0.1) is 5.92 Å². The Kier molecular flexibility index (Phi) is 3.07. The van der Waals surface area contributed by atoms with Crippen LogP contribution in [-0.4, -0.2) is 16.2 Å². The summed E-state index contributed by atoms with van der Waals surface area (Å²) in [5, 5.41) is 4.51. The maximum Gasteiger partial charge on any atom is 0.0806 e. The standard InChI is InChI=1S/C11H14BrN3/c1-8(7-13)6-9-11(12)10-4-2-3-5-15(10)14-9/h2-5,8H,6-7,13H2,1H3. The average Bonchev–Trinajstić information content (AvgIpc) is 2.57. The molecule has 2 heterocycles. The van der Waals surface area contributed by atoms with Gasteiger partial charge < -0.3 is 5.73 Å². The van der Waals surface area contributed by atoms with Gasteiger partial charge in [-0.25, -0.2) is 4.52 Å². The molecule has 0 bridgehead atoms. The highest BCUT2D eigenvalue weighted by Gasteiger charge is 2.11. The van der Waals surface area contributed by atoms with Gasteiger partial charge in [-0.05, 0) is 46.9 Å². The fraction of sp³-hybridized carbons (Fsp3) is 0.364. The quantitative estimate of drug-likeness (QED) is 0.927. The summed E-state index contributed by atoms with van der Waals surface area (Å²) >= 11 is 3.59. The number of hydrogen-bond donors (Lipinski definition) is 1. The number of nitrogens with two attached hydrogens (primary N) is 1. The second-order valence-electron chi connectivity index (χ2n) is 3.84. The number of fused-ring (bicyclic) bond motifs is 1. The van der Waals surface area contributed by atoms with Crippen LogP contribution in [0.15, 0.2) is 28.9 Å². The van der Waals surface area contributed by atoms with Gasteiger partial charge in [0.25, 0.3) is 0 Å². The second-order valence-corrected chi connectivity index (χ2v) is 4.63. The van der Waals surface area contributed by atoms with Gasteiger partial charge in [-0.2, -0.15) is 5.10 Å². The molecule has 2 aromatic heterocycles. The van der Waals surface area contributed by atoms with Crippen LogP contribution in [0.5, 0.6) is 0 Å². The van der Waals surface area contributed by atoms with Gasteiger partial charge in [-0.1, -0.05) is 13.0 Å². The molecule has 80 valence electrons. The summed E-state index contributed by atoms with van der Waals surface area (Å²) in [6, 6.07) is 6.04. The van der Waals surface area contributed by atoms with E-state index in [0.29, 0.717) is 12.5 Å². The Labute approximate surface area is 97.4 Å². The zero-order valence-electron chi connectivity index (χ0n) is 8.65. The Balaban J connectivity index is 2.40. The smallest absolute Gasteiger partial charge is 0.0806 e. The molecular formula is C11H14BrN3. The van der Waals surface area contributed by atoms with Crippen molar-refractivity contribution in [2.45, 2.75) is 13.3 Å². The zero-order chi connectivity index (χ0) is 10.8. The molecule has 15 heavy (non-hydrogen) atoms. The molecule has 0 saturated carbocycles. The van der Waals surface area contributed by atoms with Crippen LogP contribution in [0.4, 0.5) is 0 Å². The maximum absolute atomic E-state index is 5.61. The van der Waals surface area contributed by atoms with Crippen molar-refractivity contribution in [1.29, 1.82) is 0 Å². The van der Waals surface area contributed by atoms with Gasteiger partial charge in [-0.3, -0.25) is 0 Å². The highest BCUT2D eigenvalue weighted by atomic mass is 79.9. The minimum absolute atomic E-state index is 0.464. The van der Waals surface area contributed by atoms with Crippen LogP contribution in [0.25, 0.3) is 5.52 Å². The predicted octanol–water partition coefficient (Wildman–Crippen LogP) is 2.23. The van der Waals surface area contributed by atoms with Crippen molar-refractivity contribution in [3.8, 4) is 0 Å². The molecule has 3 nitrogen and oxygen atoms in total. The zero-order valence-corrected chi connectivity index (χ0v) is 10.2. The molecule has 0 saturated heterocycles. The van der Waals surface area contributed by atoms with Crippen molar-refractivity contribution in [1.82, 2.24) is 9.61 Å². The summed E-state index contributed by atoms with van der Waals surface area (Å²) in [5.74, 6) is 0.464. The van der Waals surface area contributed by atoms with Crippen LogP contribution in [0.3, 0.4) is 0 Å². The summed E-state index contributed by atoms with van der Waals surface area (Å²) in [7, 11) is 0. The number of hydrogen-bond acceptors (Lipinski definition) is 2. The lowest BCUT2D eigenvalue weighted by atomic mass is 10.1. The van der Waals surface area contributed by atoms with Gasteiger partial charge in [0.05, 0.1) is 15.7 Å².